The van der Waals surface area contributed by atoms with Crippen LogP contribution in [-0.2, 0) is 4.79 Å². The van der Waals surface area contributed by atoms with Crippen molar-refractivity contribution >= 4 is 33.7 Å². The Morgan fingerprint density at radius 3 is 2.65 bits per heavy atom. The number of halogens is 1. The average molecular weight is 357 g/mol. The van der Waals surface area contributed by atoms with Gasteiger partial charge in [0.05, 0.1) is 5.92 Å². The maximum absolute atomic E-state index is 11.5. The highest BCUT2D eigenvalue weighted by Gasteiger charge is 2.35. The molecule has 1 saturated carbocycles. The Hall–Kier alpha value is -0.480. The molecule has 0 radical (unpaired) electrons. The van der Waals surface area contributed by atoms with Crippen LogP contribution < -0.4 is 0 Å². The van der Waals surface area contributed by atoms with E-state index < -0.39 is 5.97 Å². The Morgan fingerprint density at radius 1 is 1.35 bits per heavy atom. The van der Waals surface area contributed by atoms with Gasteiger partial charge in [0.2, 0.25) is 0 Å². The van der Waals surface area contributed by atoms with Crippen LogP contribution in [0.4, 0.5) is 0 Å². The van der Waals surface area contributed by atoms with Crippen LogP contribution in [0, 0.1) is 11.8 Å². The predicted octanol–water partition coefficient (Wildman–Crippen LogP) is 5.21. The van der Waals surface area contributed by atoms with E-state index >= 15 is 0 Å². The minimum Gasteiger partial charge on any atom is -0.481 e. The van der Waals surface area contributed by atoms with Crippen molar-refractivity contribution in [3.63, 3.8) is 0 Å². The fourth-order valence-electron chi connectivity index (χ4n) is 2.98. The van der Waals surface area contributed by atoms with Crippen LogP contribution in [0.5, 0.6) is 0 Å². The molecule has 3 atom stereocenters. The van der Waals surface area contributed by atoms with Gasteiger partial charge < -0.3 is 5.11 Å². The molecule has 20 heavy (non-hydrogen) atoms. The molecule has 0 heterocycles. The Balaban J connectivity index is 2.06. The zero-order valence-electron chi connectivity index (χ0n) is 11.7. The van der Waals surface area contributed by atoms with Crippen LogP contribution in [0.3, 0.4) is 0 Å². The number of rotatable bonds is 5. The fraction of sp³-hybridized carbons (Fsp3) is 0.562. The molecule has 1 aromatic rings. The summed E-state index contributed by atoms with van der Waals surface area (Å²) < 4.78 is 1.06. The lowest BCUT2D eigenvalue weighted by atomic mass is 9.80. The van der Waals surface area contributed by atoms with Crippen molar-refractivity contribution in [2.45, 2.75) is 49.2 Å². The molecular formula is C16H21BrO2S. The van der Waals surface area contributed by atoms with Gasteiger partial charge in [-0.15, -0.1) is 11.8 Å². The minimum absolute atomic E-state index is 0.197. The molecular weight excluding hydrogens is 336 g/mol. The molecule has 1 aromatic carbocycles. The van der Waals surface area contributed by atoms with Gasteiger partial charge in [-0.25, -0.2) is 0 Å². The second-order valence-corrected chi connectivity index (χ2v) is 7.75. The Bertz CT molecular complexity index is 446. The lowest BCUT2D eigenvalue weighted by molar-refractivity contribution is -0.142. The summed E-state index contributed by atoms with van der Waals surface area (Å²) in [7, 11) is 0. The second-order valence-electron chi connectivity index (χ2n) is 5.52. The summed E-state index contributed by atoms with van der Waals surface area (Å²) in [5, 5.41) is 9.63. The molecule has 0 aromatic heterocycles. The van der Waals surface area contributed by atoms with E-state index in [4.69, 9.17) is 0 Å². The third kappa shape index (κ3) is 4.26. The van der Waals surface area contributed by atoms with E-state index in [0.717, 1.165) is 23.7 Å². The van der Waals surface area contributed by atoms with Crippen LogP contribution in [0.1, 0.15) is 39.0 Å². The lowest BCUT2D eigenvalue weighted by Crippen LogP contribution is -2.32. The van der Waals surface area contributed by atoms with Crippen LogP contribution in [0.15, 0.2) is 33.6 Å². The van der Waals surface area contributed by atoms with Gasteiger partial charge in [-0.05, 0) is 49.4 Å². The summed E-state index contributed by atoms with van der Waals surface area (Å²) in [5.41, 5.74) is 0. The van der Waals surface area contributed by atoms with Crippen LogP contribution in [-0.4, -0.2) is 16.3 Å². The Kier molecular flexibility index (Phi) is 5.97. The van der Waals surface area contributed by atoms with Crippen molar-refractivity contribution in [1.82, 2.24) is 0 Å². The number of carbonyl (C=O) groups is 1. The first-order valence-corrected chi connectivity index (χ1v) is 8.92. The van der Waals surface area contributed by atoms with Crippen molar-refractivity contribution in [2.75, 3.05) is 0 Å². The topological polar surface area (TPSA) is 37.3 Å². The number of thioether (sulfide) groups is 1. The van der Waals surface area contributed by atoms with Gasteiger partial charge in [0, 0.05) is 14.6 Å². The standard InChI is InChI=1S/C16H21BrO2S/c1-2-3-11-4-9-14(16(18)19)15(10-11)20-13-7-5-12(17)6-8-13/h5-8,11,14-15H,2-4,9-10H2,1H3,(H,18,19). The summed E-state index contributed by atoms with van der Waals surface area (Å²) in [6, 6.07) is 8.17. The second kappa shape index (κ2) is 7.51. The summed E-state index contributed by atoms with van der Waals surface area (Å²) >= 11 is 5.17. The first kappa shape index (κ1) is 15.9. The predicted molar refractivity (Wildman–Crippen MR) is 87.2 cm³/mol. The number of carboxylic acid groups (broad SMARTS) is 1. The van der Waals surface area contributed by atoms with Crippen LogP contribution >= 0.6 is 27.7 Å². The largest absolute Gasteiger partial charge is 0.481 e. The minimum atomic E-state index is -0.630. The number of hydrogen-bond acceptors (Lipinski definition) is 2. The van der Waals surface area contributed by atoms with E-state index in [1.165, 1.54) is 17.7 Å². The molecule has 4 heteroatoms. The highest BCUT2D eigenvalue weighted by atomic mass is 79.9. The van der Waals surface area contributed by atoms with E-state index in [9.17, 15) is 9.90 Å². The van der Waals surface area contributed by atoms with Crippen LogP contribution in [0.2, 0.25) is 0 Å². The van der Waals surface area contributed by atoms with E-state index in [1.54, 1.807) is 11.8 Å². The summed E-state index contributed by atoms with van der Waals surface area (Å²) in [4.78, 5) is 12.6. The highest BCUT2D eigenvalue weighted by molar-refractivity contribution is 9.10. The zero-order valence-corrected chi connectivity index (χ0v) is 14.1. The quantitative estimate of drug-likeness (QED) is 0.786. The molecule has 0 saturated heterocycles. The summed E-state index contributed by atoms with van der Waals surface area (Å²) in [6.07, 6.45) is 5.35. The number of carboxylic acids is 1. The molecule has 110 valence electrons. The Morgan fingerprint density at radius 2 is 2.05 bits per heavy atom. The molecule has 0 amide bonds. The van der Waals surface area contributed by atoms with Crippen molar-refractivity contribution in [2.24, 2.45) is 11.8 Å². The van der Waals surface area contributed by atoms with Gasteiger partial charge in [0.1, 0.15) is 0 Å². The van der Waals surface area contributed by atoms with E-state index in [1.807, 2.05) is 12.1 Å². The van der Waals surface area contributed by atoms with Crippen molar-refractivity contribution in [3.8, 4) is 0 Å². The normalized spacial score (nSPS) is 26.4. The summed E-state index contributed by atoms with van der Waals surface area (Å²) in [6.45, 7) is 2.21. The van der Waals surface area contributed by atoms with Gasteiger partial charge in [-0.3, -0.25) is 4.79 Å². The molecule has 1 N–H and O–H groups in total. The SMILES string of the molecule is CCCC1CCC(C(=O)O)C(Sc2ccc(Br)cc2)C1. The molecule has 0 aliphatic heterocycles. The maximum Gasteiger partial charge on any atom is 0.307 e. The lowest BCUT2D eigenvalue weighted by Gasteiger charge is -2.33. The molecule has 2 nitrogen and oxygen atoms in total. The van der Waals surface area contributed by atoms with E-state index in [0.29, 0.717) is 5.92 Å². The third-order valence-electron chi connectivity index (χ3n) is 4.02. The third-order valence-corrected chi connectivity index (χ3v) is 5.91. The smallest absolute Gasteiger partial charge is 0.307 e. The molecule has 1 aliphatic carbocycles. The number of aliphatic carboxylic acids is 1. The molecule has 1 aliphatic rings. The molecule has 2 rings (SSSR count). The van der Waals surface area contributed by atoms with Crippen molar-refractivity contribution in [3.05, 3.63) is 28.7 Å². The molecule has 0 bridgehead atoms. The maximum atomic E-state index is 11.5. The zero-order chi connectivity index (χ0) is 14.5. The fourth-order valence-corrected chi connectivity index (χ4v) is 4.68. The van der Waals surface area contributed by atoms with E-state index in [-0.39, 0.29) is 11.2 Å². The van der Waals surface area contributed by atoms with E-state index in [2.05, 4.69) is 35.0 Å². The van der Waals surface area contributed by atoms with Gasteiger partial charge in [0.25, 0.3) is 0 Å². The van der Waals surface area contributed by atoms with Gasteiger partial charge in [-0.2, -0.15) is 0 Å². The van der Waals surface area contributed by atoms with Crippen molar-refractivity contribution in [1.29, 1.82) is 0 Å². The monoisotopic (exact) mass is 356 g/mol. The van der Waals surface area contributed by atoms with Gasteiger partial charge in [0.15, 0.2) is 0 Å². The molecule has 3 unspecified atom stereocenters. The number of benzene rings is 1. The summed E-state index contributed by atoms with van der Waals surface area (Å²) in [5.74, 6) is -0.130. The van der Waals surface area contributed by atoms with Crippen LogP contribution in [0.25, 0.3) is 0 Å². The molecule has 1 fully saturated rings. The Labute approximate surface area is 133 Å². The van der Waals surface area contributed by atoms with Crippen molar-refractivity contribution < 1.29 is 9.90 Å². The first-order valence-electron chi connectivity index (χ1n) is 7.25. The van der Waals surface area contributed by atoms with Gasteiger partial charge >= 0.3 is 5.97 Å². The molecule has 0 spiro atoms. The van der Waals surface area contributed by atoms with Gasteiger partial charge in [-0.1, -0.05) is 35.7 Å². The first-order chi connectivity index (χ1) is 9.60. The highest BCUT2D eigenvalue weighted by Crippen LogP contribution is 2.41. The number of hydrogen-bond donors (Lipinski definition) is 1. The average Bonchev–Trinajstić information content (AvgIpc) is 2.42.